The molecule has 8 heavy (non-hydrogen) atoms. The minimum atomic E-state index is 0.764. The Hall–Kier alpha value is -0.455. The third-order valence-corrected chi connectivity index (χ3v) is 1.46. The molecule has 0 heterocycles. The number of rotatable bonds is 0. The van der Waals surface area contributed by atoms with E-state index in [2.05, 4.69) is 33.0 Å². The van der Waals surface area contributed by atoms with Gasteiger partial charge in [0.1, 0.15) is 7.85 Å². The summed E-state index contributed by atoms with van der Waals surface area (Å²) in [5.74, 6) is 0.764. The van der Waals surface area contributed by atoms with Crippen molar-refractivity contribution in [3.05, 3.63) is 23.7 Å². The second-order valence-electron chi connectivity index (χ2n) is 2.58. The molecule has 1 heteroatoms. The van der Waals surface area contributed by atoms with E-state index in [1.54, 1.807) is 0 Å². The molecule has 0 N–H and O–H groups in total. The first kappa shape index (κ1) is 5.68. The van der Waals surface area contributed by atoms with Crippen molar-refractivity contribution in [2.75, 3.05) is 0 Å². The maximum Gasteiger partial charge on any atom is 0.133 e. The molecule has 0 aromatic carbocycles. The van der Waals surface area contributed by atoms with Gasteiger partial charge in [0.25, 0.3) is 0 Å². The third-order valence-electron chi connectivity index (χ3n) is 1.46. The third kappa shape index (κ3) is 1.26. The van der Waals surface area contributed by atoms with Gasteiger partial charge in [0, 0.05) is 0 Å². The number of allylic oxidation sites excluding steroid dienone is 4. The van der Waals surface area contributed by atoms with E-state index in [9.17, 15) is 0 Å². The summed E-state index contributed by atoms with van der Waals surface area (Å²) in [7, 11) is 2.18. The van der Waals surface area contributed by atoms with Gasteiger partial charge in [-0.25, -0.2) is 0 Å². The number of hydrogen-bond donors (Lipinski definition) is 0. The second-order valence-corrected chi connectivity index (χ2v) is 2.58. The van der Waals surface area contributed by atoms with E-state index >= 15 is 0 Å². The van der Waals surface area contributed by atoms with Crippen LogP contribution in [-0.2, 0) is 0 Å². The zero-order valence-electron chi connectivity index (χ0n) is 5.52. The predicted molar refractivity (Wildman–Crippen MR) is 39.5 cm³/mol. The molecule has 0 bridgehead atoms. The summed E-state index contributed by atoms with van der Waals surface area (Å²) in [6, 6.07) is 0. The van der Waals surface area contributed by atoms with Crippen molar-refractivity contribution >= 4 is 7.85 Å². The van der Waals surface area contributed by atoms with Crippen LogP contribution in [0.3, 0.4) is 0 Å². The Morgan fingerprint density at radius 2 is 2.50 bits per heavy atom. The molecule has 1 atom stereocenters. The molecular formula is C7H11B. The van der Waals surface area contributed by atoms with Crippen LogP contribution in [0.2, 0.25) is 0 Å². The Balaban J connectivity index is 2.59. The van der Waals surface area contributed by atoms with Gasteiger partial charge in [0.15, 0.2) is 0 Å². The zero-order chi connectivity index (χ0) is 5.98. The van der Waals surface area contributed by atoms with Gasteiger partial charge in [-0.1, -0.05) is 25.2 Å². The lowest BCUT2D eigenvalue weighted by molar-refractivity contribution is 0.728. The van der Waals surface area contributed by atoms with Crippen molar-refractivity contribution < 1.29 is 0 Å². The first-order valence-electron chi connectivity index (χ1n) is 3.13. The van der Waals surface area contributed by atoms with Crippen molar-refractivity contribution in [3.8, 4) is 0 Å². The zero-order valence-corrected chi connectivity index (χ0v) is 5.52. The van der Waals surface area contributed by atoms with E-state index < -0.39 is 0 Å². The predicted octanol–water partition coefficient (Wildman–Crippen LogP) is 1.10. The molecular weight excluding hydrogens is 94.9 g/mol. The molecule has 0 amide bonds. The van der Waals surface area contributed by atoms with Crippen LogP contribution < -0.4 is 0 Å². The van der Waals surface area contributed by atoms with Gasteiger partial charge in [-0.3, -0.25) is 0 Å². The van der Waals surface area contributed by atoms with Crippen LogP contribution in [0.4, 0.5) is 0 Å². The van der Waals surface area contributed by atoms with E-state index in [0.717, 1.165) is 5.92 Å². The van der Waals surface area contributed by atoms with E-state index in [0.29, 0.717) is 0 Å². The fraction of sp³-hybridized carbons (Fsp3) is 0.429. The van der Waals surface area contributed by atoms with Gasteiger partial charge < -0.3 is 0 Å². The van der Waals surface area contributed by atoms with Crippen LogP contribution >= 0.6 is 0 Å². The standard InChI is InChI=1S/C7H11B/c1-6-3-2-4-7(8)5-6/h2-4,6H,5,8H2,1H3. The van der Waals surface area contributed by atoms with E-state index in [1.165, 1.54) is 11.9 Å². The highest BCUT2D eigenvalue weighted by atomic mass is 14.0. The normalized spacial score (nSPS) is 27.6. The molecule has 0 aliphatic heterocycles. The lowest BCUT2D eigenvalue weighted by atomic mass is 9.84. The highest BCUT2D eigenvalue weighted by molar-refractivity contribution is 6.21. The topological polar surface area (TPSA) is 0 Å². The summed E-state index contributed by atoms with van der Waals surface area (Å²) >= 11 is 0. The smallest absolute Gasteiger partial charge is 0.109 e. The van der Waals surface area contributed by atoms with Crippen LogP contribution in [0.1, 0.15) is 13.3 Å². The van der Waals surface area contributed by atoms with Gasteiger partial charge >= 0.3 is 0 Å². The van der Waals surface area contributed by atoms with E-state index in [1.807, 2.05) is 0 Å². The highest BCUT2D eigenvalue weighted by Crippen LogP contribution is 2.14. The minimum Gasteiger partial charge on any atom is -0.109 e. The largest absolute Gasteiger partial charge is 0.133 e. The average molecular weight is 106 g/mol. The maximum atomic E-state index is 2.24. The van der Waals surface area contributed by atoms with Crippen molar-refractivity contribution in [1.29, 1.82) is 0 Å². The molecule has 42 valence electrons. The highest BCUT2D eigenvalue weighted by Gasteiger charge is 1.99. The van der Waals surface area contributed by atoms with Crippen LogP contribution in [0.15, 0.2) is 23.7 Å². The van der Waals surface area contributed by atoms with Crippen LogP contribution in [-0.4, -0.2) is 7.85 Å². The van der Waals surface area contributed by atoms with E-state index in [-0.39, 0.29) is 0 Å². The quantitative estimate of drug-likeness (QED) is 0.405. The molecule has 1 aliphatic carbocycles. The number of hydrogen-bond acceptors (Lipinski definition) is 0. The molecule has 1 rings (SSSR count). The molecule has 0 spiro atoms. The average Bonchev–Trinajstić information content (AvgIpc) is 1.64. The Morgan fingerprint density at radius 1 is 1.75 bits per heavy atom. The van der Waals surface area contributed by atoms with Crippen molar-refractivity contribution in [1.82, 2.24) is 0 Å². The maximum absolute atomic E-state index is 2.24. The summed E-state index contributed by atoms with van der Waals surface area (Å²) < 4.78 is 0. The monoisotopic (exact) mass is 106 g/mol. The summed E-state index contributed by atoms with van der Waals surface area (Å²) in [6.45, 7) is 2.24. The van der Waals surface area contributed by atoms with Gasteiger partial charge in [-0.05, 0) is 12.3 Å². The lowest BCUT2D eigenvalue weighted by Gasteiger charge is -2.09. The fourth-order valence-electron chi connectivity index (χ4n) is 1.05. The molecule has 0 radical (unpaired) electrons. The molecule has 0 aromatic heterocycles. The van der Waals surface area contributed by atoms with Gasteiger partial charge in [0.05, 0.1) is 0 Å². The Morgan fingerprint density at radius 3 is 2.88 bits per heavy atom. The second kappa shape index (κ2) is 2.21. The molecule has 0 aromatic rings. The van der Waals surface area contributed by atoms with Crippen molar-refractivity contribution in [2.45, 2.75) is 13.3 Å². The van der Waals surface area contributed by atoms with Crippen LogP contribution in [0, 0.1) is 5.92 Å². The first-order chi connectivity index (χ1) is 3.79. The molecule has 0 saturated heterocycles. The lowest BCUT2D eigenvalue weighted by Crippen LogP contribution is -1.96. The molecule has 1 unspecified atom stereocenters. The van der Waals surface area contributed by atoms with Crippen molar-refractivity contribution in [2.24, 2.45) is 5.92 Å². The van der Waals surface area contributed by atoms with Gasteiger partial charge in [-0.2, -0.15) is 0 Å². The molecule has 1 aliphatic rings. The van der Waals surface area contributed by atoms with Gasteiger partial charge in [-0.15, -0.1) is 5.47 Å². The summed E-state index contributed by atoms with van der Waals surface area (Å²) in [6.07, 6.45) is 7.81. The van der Waals surface area contributed by atoms with Crippen LogP contribution in [0.5, 0.6) is 0 Å². The molecule has 0 nitrogen and oxygen atoms in total. The Bertz CT molecular complexity index is 133. The summed E-state index contributed by atoms with van der Waals surface area (Å²) in [4.78, 5) is 0. The first-order valence-corrected chi connectivity index (χ1v) is 3.13. The SMILES string of the molecule is BC1=CC=CC(C)C1. The van der Waals surface area contributed by atoms with E-state index in [4.69, 9.17) is 0 Å². The van der Waals surface area contributed by atoms with Crippen molar-refractivity contribution in [3.63, 3.8) is 0 Å². The Labute approximate surface area is 51.7 Å². The van der Waals surface area contributed by atoms with Gasteiger partial charge in [0.2, 0.25) is 0 Å². The molecule has 0 fully saturated rings. The molecule has 0 saturated carbocycles. The fourth-order valence-corrected chi connectivity index (χ4v) is 1.05. The summed E-state index contributed by atoms with van der Waals surface area (Å²) in [5.41, 5.74) is 1.50. The van der Waals surface area contributed by atoms with Crippen LogP contribution in [0.25, 0.3) is 0 Å². The Kier molecular flexibility index (Phi) is 1.57. The summed E-state index contributed by atoms with van der Waals surface area (Å²) in [5, 5.41) is 0. The minimum absolute atomic E-state index is 0.764.